The van der Waals surface area contributed by atoms with Crippen molar-refractivity contribution in [1.29, 1.82) is 0 Å². The Morgan fingerprint density at radius 2 is 1.66 bits per heavy atom. The number of fused-ring (bicyclic) bond motifs is 1. The van der Waals surface area contributed by atoms with Crippen LogP contribution in [0.5, 0.6) is 0 Å². The van der Waals surface area contributed by atoms with Crippen molar-refractivity contribution in [3.05, 3.63) is 58.1 Å². The fourth-order valence-corrected chi connectivity index (χ4v) is 4.54. The molecule has 2 atom stereocenters. The molecule has 3 amide bonds. The molecule has 7 nitrogen and oxygen atoms in total. The Labute approximate surface area is 194 Å². The van der Waals surface area contributed by atoms with Gasteiger partial charge in [-0.15, -0.1) is 0 Å². The second kappa shape index (κ2) is 9.30. The maximum atomic E-state index is 12.8. The van der Waals surface area contributed by atoms with Gasteiger partial charge in [-0.1, -0.05) is 48.2 Å². The van der Waals surface area contributed by atoms with Gasteiger partial charge in [-0.2, -0.15) is 0 Å². The zero-order chi connectivity index (χ0) is 22.8. The van der Waals surface area contributed by atoms with Gasteiger partial charge in [-0.3, -0.25) is 19.3 Å². The standard InChI is InChI=1S/C23H20Cl2N2O5/c24-17-9-4-10-18(20(17)25)26-19(28)12-32-23(31)13-5-3-6-14(11-13)27-21(29)15-7-1-2-8-16(15)22(27)30/h3-6,9-11,15-16H,1-2,7-8,12H2,(H,26,28)/t15-,16+. The lowest BCUT2D eigenvalue weighted by Crippen LogP contribution is -2.31. The molecule has 1 saturated heterocycles. The second-order valence-corrected chi connectivity index (χ2v) is 8.57. The van der Waals surface area contributed by atoms with Crippen molar-refractivity contribution < 1.29 is 23.9 Å². The zero-order valence-corrected chi connectivity index (χ0v) is 18.5. The summed E-state index contributed by atoms with van der Waals surface area (Å²) in [6.45, 7) is -0.544. The van der Waals surface area contributed by atoms with Crippen molar-refractivity contribution in [2.75, 3.05) is 16.8 Å². The third-order valence-electron chi connectivity index (χ3n) is 5.74. The maximum Gasteiger partial charge on any atom is 0.338 e. The van der Waals surface area contributed by atoms with Gasteiger partial charge in [0.1, 0.15) is 0 Å². The highest BCUT2D eigenvalue weighted by molar-refractivity contribution is 6.44. The van der Waals surface area contributed by atoms with Crippen LogP contribution in [0.4, 0.5) is 11.4 Å². The molecule has 32 heavy (non-hydrogen) atoms. The number of hydrogen-bond donors (Lipinski definition) is 1. The van der Waals surface area contributed by atoms with Crippen LogP contribution >= 0.6 is 23.2 Å². The van der Waals surface area contributed by atoms with Crippen LogP contribution in [-0.4, -0.2) is 30.3 Å². The van der Waals surface area contributed by atoms with Crippen LogP contribution in [0.2, 0.25) is 10.0 Å². The molecule has 4 rings (SSSR count). The lowest BCUT2D eigenvalue weighted by Gasteiger charge is -2.19. The molecule has 1 aliphatic carbocycles. The molecule has 1 N–H and O–H groups in total. The quantitative estimate of drug-likeness (QED) is 0.509. The number of halogens is 2. The van der Waals surface area contributed by atoms with Crippen LogP contribution in [0, 0.1) is 11.8 Å². The van der Waals surface area contributed by atoms with Crippen LogP contribution in [0.3, 0.4) is 0 Å². The molecule has 0 bridgehead atoms. The van der Waals surface area contributed by atoms with E-state index in [0.29, 0.717) is 24.2 Å². The monoisotopic (exact) mass is 474 g/mol. The van der Waals surface area contributed by atoms with Crippen LogP contribution in [-0.2, 0) is 19.1 Å². The van der Waals surface area contributed by atoms with E-state index in [-0.39, 0.29) is 39.3 Å². The number of hydrogen-bond acceptors (Lipinski definition) is 5. The Bertz CT molecular complexity index is 1080. The summed E-state index contributed by atoms with van der Waals surface area (Å²) in [5, 5.41) is 2.99. The fourth-order valence-electron chi connectivity index (χ4n) is 4.19. The summed E-state index contributed by atoms with van der Waals surface area (Å²) >= 11 is 11.9. The van der Waals surface area contributed by atoms with Crippen LogP contribution in [0.25, 0.3) is 0 Å². The molecular formula is C23H20Cl2N2O5. The van der Waals surface area contributed by atoms with E-state index in [1.807, 2.05) is 0 Å². The van der Waals surface area contributed by atoms with Crippen molar-refractivity contribution in [2.45, 2.75) is 25.7 Å². The predicted octanol–water partition coefficient (Wildman–Crippen LogP) is 4.47. The number of benzene rings is 2. The number of amides is 3. The van der Waals surface area contributed by atoms with Gasteiger partial charge in [0.05, 0.1) is 38.8 Å². The highest BCUT2D eigenvalue weighted by Crippen LogP contribution is 2.40. The smallest absolute Gasteiger partial charge is 0.338 e. The fraction of sp³-hybridized carbons (Fsp3) is 0.304. The predicted molar refractivity (Wildman–Crippen MR) is 120 cm³/mol. The van der Waals surface area contributed by atoms with E-state index >= 15 is 0 Å². The van der Waals surface area contributed by atoms with Crippen molar-refractivity contribution in [3.8, 4) is 0 Å². The number of imide groups is 1. The third-order valence-corrected chi connectivity index (χ3v) is 6.56. The third kappa shape index (κ3) is 4.36. The van der Waals surface area contributed by atoms with Crippen molar-refractivity contribution in [2.24, 2.45) is 11.8 Å². The van der Waals surface area contributed by atoms with E-state index in [4.69, 9.17) is 27.9 Å². The number of carbonyl (C=O) groups is 4. The number of nitrogens with one attached hydrogen (secondary N) is 1. The van der Waals surface area contributed by atoms with E-state index in [9.17, 15) is 19.2 Å². The van der Waals surface area contributed by atoms with Crippen LogP contribution in [0.15, 0.2) is 42.5 Å². The minimum absolute atomic E-state index is 0.131. The van der Waals surface area contributed by atoms with E-state index < -0.39 is 18.5 Å². The molecule has 2 aliphatic rings. The first-order valence-electron chi connectivity index (χ1n) is 10.3. The van der Waals surface area contributed by atoms with Gasteiger partial charge in [0.25, 0.3) is 5.91 Å². The molecule has 2 aromatic carbocycles. The number of rotatable bonds is 5. The molecule has 2 fully saturated rings. The Morgan fingerprint density at radius 1 is 1.00 bits per heavy atom. The van der Waals surface area contributed by atoms with Gasteiger partial charge in [-0.05, 0) is 43.2 Å². The van der Waals surface area contributed by atoms with E-state index in [0.717, 1.165) is 12.8 Å². The van der Waals surface area contributed by atoms with Crippen molar-refractivity contribution in [1.82, 2.24) is 0 Å². The Balaban J connectivity index is 1.41. The van der Waals surface area contributed by atoms with Gasteiger partial charge < -0.3 is 10.1 Å². The Morgan fingerprint density at radius 3 is 2.34 bits per heavy atom. The Hall–Kier alpha value is -2.90. The summed E-state index contributed by atoms with van der Waals surface area (Å²) in [7, 11) is 0. The molecular weight excluding hydrogens is 455 g/mol. The highest BCUT2D eigenvalue weighted by Gasteiger charge is 2.48. The number of anilines is 2. The first-order valence-corrected chi connectivity index (χ1v) is 11.0. The summed E-state index contributed by atoms with van der Waals surface area (Å²) in [6.07, 6.45) is 3.28. The maximum absolute atomic E-state index is 12.8. The lowest BCUT2D eigenvalue weighted by molar-refractivity contribution is -0.122. The summed E-state index contributed by atoms with van der Waals surface area (Å²) < 4.78 is 5.08. The van der Waals surface area contributed by atoms with Crippen LogP contribution < -0.4 is 10.2 Å². The topological polar surface area (TPSA) is 92.8 Å². The van der Waals surface area contributed by atoms with E-state index in [1.54, 1.807) is 30.3 Å². The largest absolute Gasteiger partial charge is 0.452 e. The molecule has 166 valence electrons. The van der Waals surface area contributed by atoms with E-state index in [1.165, 1.54) is 17.0 Å². The molecule has 0 unspecified atom stereocenters. The first-order chi connectivity index (χ1) is 15.4. The molecule has 0 radical (unpaired) electrons. The number of ether oxygens (including phenoxy) is 1. The van der Waals surface area contributed by atoms with Crippen molar-refractivity contribution in [3.63, 3.8) is 0 Å². The average molecular weight is 475 g/mol. The minimum Gasteiger partial charge on any atom is -0.452 e. The molecule has 2 aromatic rings. The zero-order valence-electron chi connectivity index (χ0n) is 17.0. The highest BCUT2D eigenvalue weighted by atomic mass is 35.5. The molecule has 9 heteroatoms. The summed E-state index contributed by atoms with van der Waals surface area (Å²) in [5.41, 5.74) is 0.764. The van der Waals surface area contributed by atoms with Gasteiger partial charge in [-0.25, -0.2) is 4.79 Å². The number of esters is 1. The van der Waals surface area contributed by atoms with Crippen LogP contribution in [0.1, 0.15) is 36.0 Å². The number of nitrogens with zero attached hydrogens (tertiary/aromatic N) is 1. The SMILES string of the molecule is O=C(COC(=O)c1cccc(N2C(=O)[C@H]3CCCC[C@H]3C2=O)c1)Nc1cccc(Cl)c1Cl. The summed E-state index contributed by atoms with van der Waals surface area (Å²) in [5.74, 6) is -2.35. The normalized spacial score (nSPS) is 20.1. The minimum atomic E-state index is -0.754. The summed E-state index contributed by atoms with van der Waals surface area (Å²) in [4.78, 5) is 51.3. The van der Waals surface area contributed by atoms with Gasteiger partial charge >= 0.3 is 5.97 Å². The lowest BCUT2D eigenvalue weighted by atomic mass is 9.81. The molecule has 1 heterocycles. The molecule has 1 aliphatic heterocycles. The van der Waals surface area contributed by atoms with Gasteiger partial charge in [0.2, 0.25) is 11.8 Å². The second-order valence-electron chi connectivity index (χ2n) is 7.79. The van der Waals surface area contributed by atoms with E-state index in [2.05, 4.69) is 5.32 Å². The van der Waals surface area contributed by atoms with Crippen molar-refractivity contribution >= 4 is 58.3 Å². The molecule has 0 spiro atoms. The van der Waals surface area contributed by atoms with Gasteiger partial charge in [0.15, 0.2) is 6.61 Å². The number of carbonyl (C=O) groups excluding carboxylic acids is 4. The first kappa shape index (κ1) is 22.3. The Kier molecular flexibility index (Phi) is 6.48. The van der Waals surface area contributed by atoms with Gasteiger partial charge in [0, 0.05) is 0 Å². The molecule has 1 saturated carbocycles. The average Bonchev–Trinajstić information content (AvgIpc) is 3.05. The summed E-state index contributed by atoms with van der Waals surface area (Å²) in [6, 6.07) is 10.9. The molecule has 0 aromatic heterocycles.